The summed E-state index contributed by atoms with van der Waals surface area (Å²) in [5, 5.41) is 10.6. The van der Waals surface area contributed by atoms with Gasteiger partial charge in [0, 0.05) is 11.3 Å². The predicted molar refractivity (Wildman–Crippen MR) is 92.9 cm³/mol. The van der Waals surface area contributed by atoms with Gasteiger partial charge in [-0.2, -0.15) is 0 Å². The van der Waals surface area contributed by atoms with Crippen molar-refractivity contribution in [2.45, 2.75) is 11.9 Å². The number of aromatic nitrogens is 3. The highest BCUT2D eigenvalue weighted by molar-refractivity contribution is 7.99. The van der Waals surface area contributed by atoms with E-state index in [-0.39, 0.29) is 0 Å². The molecule has 0 radical (unpaired) electrons. The van der Waals surface area contributed by atoms with Crippen molar-refractivity contribution >= 4 is 33.3 Å². The maximum atomic E-state index is 5.20. The van der Waals surface area contributed by atoms with Crippen LogP contribution in [0.25, 0.3) is 21.5 Å². The van der Waals surface area contributed by atoms with Crippen molar-refractivity contribution in [1.82, 2.24) is 15.2 Å². The van der Waals surface area contributed by atoms with Crippen molar-refractivity contribution in [2.24, 2.45) is 0 Å². The van der Waals surface area contributed by atoms with Crippen molar-refractivity contribution in [1.29, 1.82) is 0 Å². The van der Waals surface area contributed by atoms with Gasteiger partial charge in [0.1, 0.15) is 22.0 Å². The molecule has 0 spiro atoms. The van der Waals surface area contributed by atoms with E-state index in [1.54, 1.807) is 30.2 Å². The normalized spacial score (nSPS) is 10.8. The molecule has 0 fully saturated rings. The summed E-state index contributed by atoms with van der Waals surface area (Å²) in [7, 11) is 1.66. The van der Waals surface area contributed by atoms with Gasteiger partial charge in [-0.05, 0) is 31.2 Å². The first-order valence-electron chi connectivity index (χ1n) is 6.75. The van der Waals surface area contributed by atoms with Crippen LogP contribution < -0.4 is 4.74 Å². The van der Waals surface area contributed by atoms with Crippen molar-refractivity contribution in [2.75, 3.05) is 12.9 Å². The van der Waals surface area contributed by atoms with E-state index in [1.807, 2.05) is 37.3 Å². The standard InChI is InChI=1S/C16H15N3OS2/c1-4-9-21-16-14-15(22-10(2)17-14)13(18-19-16)11-5-7-12(20-3)8-6-11/h4-8H,1,9H2,2-3H3. The highest BCUT2D eigenvalue weighted by Crippen LogP contribution is 2.35. The number of methoxy groups -OCH3 is 1. The van der Waals surface area contributed by atoms with Crippen LogP contribution in [0.5, 0.6) is 5.75 Å². The summed E-state index contributed by atoms with van der Waals surface area (Å²) in [6.45, 7) is 5.75. The van der Waals surface area contributed by atoms with E-state index < -0.39 is 0 Å². The minimum Gasteiger partial charge on any atom is -0.497 e. The summed E-state index contributed by atoms with van der Waals surface area (Å²) in [6.07, 6.45) is 1.86. The first-order valence-corrected chi connectivity index (χ1v) is 8.55. The summed E-state index contributed by atoms with van der Waals surface area (Å²) < 4.78 is 6.27. The Morgan fingerprint density at radius 3 is 2.73 bits per heavy atom. The van der Waals surface area contributed by atoms with Crippen LogP contribution in [0.2, 0.25) is 0 Å². The number of ether oxygens (including phenoxy) is 1. The van der Waals surface area contributed by atoms with Gasteiger partial charge in [-0.1, -0.05) is 17.8 Å². The molecule has 22 heavy (non-hydrogen) atoms. The van der Waals surface area contributed by atoms with Crippen LogP contribution in [0.4, 0.5) is 0 Å². The third kappa shape index (κ3) is 2.84. The lowest BCUT2D eigenvalue weighted by molar-refractivity contribution is 0.415. The second-order valence-electron chi connectivity index (χ2n) is 4.59. The summed E-state index contributed by atoms with van der Waals surface area (Å²) in [4.78, 5) is 4.62. The zero-order chi connectivity index (χ0) is 15.5. The molecule has 0 aliphatic heterocycles. The number of thiazole rings is 1. The third-order valence-corrected chi connectivity index (χ3v) is 5.02. The van der Waals surface area contributed by atoms with Gasteiger partial charge in [-0.25, -0.2) is 4.98 Å². The van der Waals surface area contributed by atoms with Gasteiger partial charge >= 0.3 is 0 Å². The SMILES string of the molecule is C=CCSc1nnc(-c2ccc(OC)cc2)c2sc(C)nc12. The van der Waals surface area contributed by atoms with Crippen LogP contribution in [0.1, 0.15) is 5.01 Å². The molecule has 0 bridgehead atoms. The van der Waals surface area contributed by atoms with Crippen LogP contribution in [-0.2, 0) is 0 Å². The van der Waals surface area contributed by atoms with Gasteiger partial charge in [0.25, 0.3) is 0 Å². The Labute approximate surface area is 137 Å². The molecule has 4 nitrogen and oxygen atoms in total. The van der Waals surface area contributed by atoms with E-state index in [2.05, 4.69) is 21.8 Å². The van der Waals surface area contributed by atoms with E-state index in [1.165, 1.54) is 0 Å². The predicted octanol–water partition coefficient (Wildman–Crippen LogP) is 4.35. The second kappa shape index (κ2) is 6.46. The first kappa shape index (κ1) is 15.0. The second-order valence-corrected chi connectivity index (χ2v) is 6.80. The van der Waals surface area contributed by atoms with Gasteiger partial charge in [-0.15, -0.1) is 28.1 Å². The molecule has 0 saturated heterocycles. The number of aryl methyl sites for hydroxylation is 1. The largest absolute Gasteiger partial charge is 0.497 e. The molecule has 0 aliphatic rings. The molecular weight excluding hydrogens is 314 g/mol. The topological polar surface area (TPSA) is 47.9 Å². The van der Waals surface area contributed by atoms with Gasteiger partial charge in [0.05, 0.1) is 16.8 Å². The van der Waals surface area contributed by atoms with Gasteiger partial charge in [0.2, 0.25) is 0 Å². The fourth-order valence-electron chi connectivity index (χ4n) is 2.09. The Kier molecular flexibility index (Phi) is 4.40. The lowest BCUT2D eigenvalue weighted by atomic mass is 10.1. The van der Waals surface area contributed by atoms with Gasteiger partial charge < -0.3 is 4.74 Å². The molecule has 0 amide bonds. The summed E-state index contributed by atoms with van der Waals surface area (Å²) >= 11 is 3.25. The van der Waals surface area contributed by atoms with Crippen LogP contribution in [0, 0.1) is 6.92 Å². The summed E-state index contributed by atoms with van der Waals surface area (Å²) in [5.74, 6) is 1.62. The van der Waals surface area contributed by atoms with E-state index in [9.17, 15) is 0 Å². The Hall–Kier alpha value is -1.92. The van der Waals surface area contributed by atoms with Crippen LogP contribution >= 0.6 is 23.1 Å². The Balaban J connectivity index is 2.11. The zero-order valence-corrected chi connectivity index (χ0v) is 14.0. The molecule has 2 heterocycles. The molecule has 0 N–H and O–H groups in total. The van der Waals surface area contributed by atoms with Gasteiger partial charge in [0.15, 0.2) is 0 Å². The minimum absolute atomic E-state index is 0.794. The average molecular weight is 329 g/mol. The fraction of sp³-hybridized carbons (Fsp3) is 0.188. The Morgan fingerprint density at radius 2 is 2.05 bits per heavy atom. The first-order chi connectivity index (χ1) is 10.7. The van der Waals surface area contributed by atoms with Gasteiger partial charge in [-0.3, -0.25) is 0 Å². The number of thioether (sulfide) groups is 1. The number of rotatable bonds is 5. The average Bonchev–Trinajstić information content (AvgIpc) is 2.94. The lowest BCUT2D eigenvalue weighted by Crippen LogP contribution is -1.93. The maximum absolute atomic E-state index is 5.20. The van der Waals surface area contributed by atoms with E-state index in [0.29, 0.717) is 0 Å². The van der Waals surface area contributed by atoms with Crippen LogP contribution in [0.3, 0.4) is 0 Å². The zero-order valence-electron chi connectivity index (χ0n) is 12.4. The number of benzene rings is 1. The molecule has 2 aromatic heterocycles. The van der Waals surface area contributed by atoms with Crippen LogP contribution in [-0.4, -0.2) is 28.0 Å². The van der Waals surface area contributed by atoms with Crippen molar-refractivity contribution in [3.63, 3.8) is 0 Å². The quantitative estimate of drug-likeness (QED) is 0.514. The highest BCUT2D eigenvalue weighted by atomic mass is 32.2. The van der Waals surface area contributed by atoms with Crippen molar-refractivity contribution in [3.8, 4) is 17.0 Å². The molecular formula is C16H15N3OS2. The van der Waals surface area contributed by atoms with E-state index in [4.69, 9.17) is 4.74 Å². The smallest absolute Gasteiger partial charge is 0.146 e. The number of nitrogens with zero attached hydrogens (tertiary/aromatic N) is 3. The lowest BCUT2D eigenvalue weighted by Gasteiger charge is -2.05. The molecule has 6 heteroatoms. The molecule has 0 unspecified atom stereocenters. The monoisotopic (exact) mass is 329 g/mol. The molecule has 0 aliphatic carbocycles. The molecule has 3 aromatic rings. The molecule has 1 aromatic carbocycles. The summed E-state index contributed by atoms with van der Waals surface area (Å²) in [5.41, 5.74) is 2.81. The minimum atomic E-state index is 0.794. The van der Waals surface area contributed by atoms with Crippen molar-refractivity contribution in [3.05, 3.63) is 41.9 Å². The van der Waals surface area contributed by atoms with E-state index >= 15 is 0 Å². The Bertz CT molecular complexity index is 812. The van der Waals surface area contributed by atoms with Crippen molar-refractivity contribution < 1.29 is 4.74 Å². The fourth-order valence-corrected chi connectivity index (χ4v) is 3.74. The number of fused-ring (bicyclic) bond motifs is 1. The molecule has 3 rings (SSSR count). The van der Waals surface area contributed by atoms with E-state index in [0.717, 1.165) is 43.0 Å². The Morgan fingerprint density at radius 1 is 1.27 bits per heavy atom. The number of hydrogen-bond acceptors (Lipinski definition) is 6. The maximum Gasteiger partial charge on any atom is 0.146 e. The molecule has 0 atom stereocenters. The molecule has 0 saturated carbocycles. The third-order valence-electron chi connectivity index (χ3n) is 3.09. The number of hydrogen-bond donors (Lipinski definition) is 0. The summed E-state index contributed by atoms with van der Waals surface area (Å²) in [6, 6.07) is 7.84. The van der Waals surface area contributed by atoms with Crippen LogP contribution in [0.15, 0.2) is 41.9 Å². The highest BCUT2D eigenvalue weighted by Gasteiger charge is 2.15. The molecule has 112 valence electrons.